The second kappa shape index (κ2) is 6.97. The molecule has 0 aliphatic carbocycles. The third-order valence-corrected chi connectivity index (χ3v) is 5.53. The zero-order valence-electron chi connectivity index (χ0n) is 14.9. The molecule has 0 unspecified atom stereocenters. The summed E-state index contributed by atoms with van der Waals surface area (Å²) in [6, 6.07) is 10.1. The predicted molar refractivity (Wildman–Crippen MR) is 100 cm³/mol. The van der Waals surface area contributed by atoms with Crippen LogP contribution in [0.1, 0.15) is 11.4 Å². The first-order valence-corrected chi connectivity index (χ1v) is 9.59. The summed E-state index contributed by atoms with van der Waals surface area (Å²) in [5.74, 6) is 1.04. The van der Waals surface area contributed by atoms with Gasteiger partial charge in [0.25, 0.3) is 10.0 Å². The molecular weight excluding hydrogens is 354 g/mol. The average Bonchev–Trinajstić information content (AvgIpc) is 2.90. The number of ether oxygens (including phenoxy) is 1. The number of anilines is 1. The number of sulfonamides is 1. The lowest BCUT2D eigenvalue weighted by atomic mass is 10.2. The molecule has 138 valence electrons. The molecule has 0 atom stereocenters. The molecule has 3 rings (SSSR count). The molecule has 7 nitrogen and oxygen atoms in total. The minimum atomic E-state index is -3.81. The summed E-state index contributed by atoms with van der Waals surface area (Å²) >= 11 is 0. The Labute approximate surface area is 152 Å². The molecule has 2 N–H and O–H groups in total. The Kier molecular flexibility index (Phi) is 4.88. The van der Waals surface area contributed by atoms with Gasteiger partial charge in [0.2, 0.25) is 0 Å². The number of aliphatic hydroxyl groups excluding tert-OH is 1. The molecule has 8 heteroatoms. The van der Waals surface area contributed by atoms with Gasteiger partial charge in [0, 0.05) is 6.54 Å². The van der Waals surface area contributed by atoms with Gasteiger partial charge < -0.3 is 14.4 Å². The largest absolute Gasteiger partial charge is 0.495 e. The molecule has 1 aromatic heterocycles. The molecule has 26 heavy (non-hydrogen) atoms. The van der Waals surface area contributed by atoms with Gasteiger partial charge in [-0.2, -0.15) is 0 Å². The summed E-state index contributed by atoms with van der Waals surface area (Å²) in [5, 5.41) is 9.18. The minimum absolute atomic E-state index is 0.00777. The number of aryl methyl sites for hydroxylation is 2. The fourth-order valence-electron chi connectivity index (χ4n) is 2.90. The van der Waals surface area contributed by atoms with E-state index in [2.05, 4.69) is 9.71 Å². The van der Waals surface area contributed by atoms with E-state index >= 15 is 0 Å². The number of hydrogen-bond acceptors (Lipinski definition) is 5. The Bertz CT molecular complexity index is 1060. The number of imidazole rings is 1. The number of aliphatic hydroxyl groups is 1. The maximum atomic E-state index is 12.8. The van der Waals surface area contributed by atoms with Crippen molar-refractivity contribution in [3.05, 3.63) is 47.8 Å². The number of aromatic nitrogens is 2. The number of hydrogen-bond donors (Lipinski definition) is 2. The second-order valence-electron chi connectivity index (χ2n) is 6.00. The number of fused-ring (bicyclic) bond motifs is 1. The Morgan fingerprint density at radius 1 is 1.19 bits per heavy atom. The number of benzene rings is 2. The van der Waals surface area contributed by atoms with Gasteiger partial charge in [0.1, 0.15) is 16.5 Å². The lowest BCUT2D eigenvalue weighted by Crippen LogP contribution is -2.14. The topological polar surface area (TPSA) is 93.5 Å². The van der Waals surface area contributed by atoms with Gasteiger partial charge in [-0.25, -0.2) is 13.4 Å². The molecule has 3 aromatic rings. The number of nitrogens with one attached hydrogen (secondary N) is 1. The summed E-state index contributed by atoms with van der Waals surface area (Å²) in [6.45, 7) is 4.11. The van der Waals surface area contributed by atoms with Gasteiger partial charge >= 0.3 is 0 Å². The van der Waals surface area contributed by atoms with Crippen LogP contribution < -0.4 is 9.46 Å². The minimum Gasteiger partial charge on any atom is -0.495 e. The van der Waals surface area contributed by atoms with Crippen molar-refractivity contribution < 1.29 is 18.3 Å². The zero-order valence-corrected chi connectivity index (χ0v) is 15.7. The van der Waals surface area contributed by atoms with Crippen molar-refractivity contribution in [2.75, 3.05) is 18.4 Å². The fourth-order valence-corrected chi connectivity index (χ4v) is 4.20. The van der Waals surface area contributed by atoms with E-state index in [1.807, 2.05) is 18.4 Å². The van der Waals surface area contributed by atoms with Gasteiger partial charge in [-0.3, -0.25) is 4.72 Å². The smallest absolute Gasteiger partial charge is 0.265 e. The van der Waals surface area contributed by atoms with Crippen LogP contribution in [0.15, 0.2) is 41.3 Å². The van der Waals surface area contributed by atoms with Crippen LogP contribution in [0.3, 0.4) is 0 Å². The molecule has 2 aromatic carbocycles. The van der Waals surface area contributed by atoms with Crippen LogP contribution in [0.25, 0.3) is 11.0 Å². The molecule has 0 amide bonds. The van der Waals surface area contributed by atoms with Crippen LogP contribution >= 0.6 is 0 Å². The number of methoxy groups -OCH3 is 1. The summed E-state index contributed by atoms with van der Waals surface area (Å²) in [7, 11) is -2.37. The highest BCUT2D eigenvalue weighted by Crippen LogP contribution is 2.28. The van der Waals surface area contributed by atoms with Crippen molar-refractivity contribution in [3.8, 4) is 5.75 Å². The molecule has 0 bridgehead atoms. The van der Waals surface area contributed by atoms with Crippen LogP contribution in [0, 0.1) is 13.8 Å². The molecule has 0 fully saturated rings. The predicted octanol–water partition coefficient (Wildman–Crippen LogP) is 2.45. The van der Waals surface area contributed by atoms with E-state index in [1.165, 1.54) is 7.11 Å². The maximum Gasteiger partial charge on any atom is 0.265 e. The average molecular weight is 375 g/mol. The van der Waals surface area contributed by atoms with E-state index in [-0.39, 0.29) is 17.3 Å². The van der Waals surface area contributed by atoms with Crippen molar-refractivity contribution in [1.29, 1.82) is 0 Å². The third kappa shape index (κ3) is 3.38. The van der Waals surface area contributed by atoms with Crippen molar-refractivity contribution in [3.63, 3.8) is 0 Å². The Hall–Kier alpha value is -2.58. The highest BCUT2D eigenvalue weighted by Gasteiger charge is 2.20. The molecule has 0 aliphatic rings. The SMILES string of the molecule is COc1ccc(C)cc1S(=O)(=O)Nc1ccc2c(c1)nc(C)n2CCO. The monoisotopic (exact) mass is 375 g/mol. The summed E-state index contributed by atoms with van der Waals surface area (Å²) in [4.78, 5) is 4.52. The van der Waals surface area contributed by atoms with Gasteiger partial charge in [0.05, 0.1) is 30.4 Å². The molecule has 0 aliphatic heterocycles. The summed E-state index contributed by atoms with van der Waals surface area (Å²) in [5.41, 5.74) is 2.73. The summed E-state index contributed by atoms with van der Waals surface area (Å²) < 4.78 is 35.2. The molecule has 1 heterocycles. The van der Waals surface area contributed by atoms with E-state index in [9.17, 15) is 13.5 Å². The quantitative estimate of drug-likeness (QED) is 0.690. The molecular formula is C18H21N3O4S. The highest BCUT2D eigenvalue weighted by molar-refractivity contribution is 7.92. The van der Waals surface area contributed by atoms with Crippen molar-refractivity contribution in [2.45, 2.75) is 25.3 Å². The zero-order chi connectivity index (χ0) is 18.9. The van der Waals surface area contributed by atoms with Gasteiger partial charge in [0.15, 0.2) is 0 Å². The summed E-state index contributed by atoms with van der Waals surface area (Å²) in [6.07, 6.45) is 0. The first kappa shape index (κ1) is 18.2. The van der Waals surface area contributed by atoms with Crippen LogP contribution in [-0.2, 0) is 16.6 Å². The standard InChI is InChI=1S/C18H21N3O4S/c1-12-4-7-17(25-3)18(10-12)26(23,24)20-14-5-6-16-15(11-14)19-13(2)21(16)8-9-22/h4-7,10-11,20,22H,8-9H2,1-3H3. The number of nitrogens with zero attached hydrogens (tertiary/aromatic N) is 2. The maximum absolute atomic E-state index is 12.8. The molecule has 0 saturated heterocycles. The first-order chi connectivity index (χ1) is 12.4. The molecule has 0 spiro atoms. The fraction of sp³-hybridized carbons (Fsp3) is 0.278. The third-order valence-electron chi connectivity index (χ3n) is 4.12. The molecule has 0 radical (unpaired) electrons. The Morgan fingerprint density at radius 2 is 1.96 bits per heavy atom. The Morgan fingerprint density at radius 3 is 2.65 bits per heavy atom. The van der Waals surface area contributed by atoms with E-state index in [4.69, 9.17) is 4.74 Å². The van der Waals surface area contributed by atoms with Gasteiger partial charge in [-0.15, -0.1) is 0 Å². The second-order valence-corrected chi connectivity index (χ2v) is 7.65. The lowest BCUT2D eigenvalue weighted by molar-refractivity contribution is 0.276. The lowest BCUT2D eigenvalue weighted by Gasteiger charge is -2.12. The van der Waals surface area contributed by atoms with Crippen molar-refractivity contribution in [2.24, 2.45) is 0 Å². The molecule has 0 saturated carbocycles. The Balaban J connectivity index is 1.99. The van der Waals surface area contributed by atoms with Crippen LogP contribution in [-0.4, -0.2) is 36.8 Å². The first-order valence-electron chi connectivity index (χ1n) is 8.11. The normalized spacial score (nSPS) is 11.7. The van der Waals surface area contributed by atoms with Crippen molar-refractivity contribution in [1.82, 2.24) is 9.55 Å². The van der Waals surface area contributed by atoms with E-state index in [0.717, 1.165) is 16.9 Å². The van der Waals surface area contributed by atoms with Crippen molar-refractivity contribution >= 4 is 26.7 Å². The van der Waals surface area contributed by atoms with Gasteiger partial charge in [-0.1, -0.05) is 6.07 Å². The van der Waals surface area contributed by atoms with Crippen LogP contribution in [0.2, 0.25) is 0 Å². The van der Waals surface area contributed by atoms with Crippen LogP contribution in [0.5, 0.6) is 5.75 Å². The number of rotatable bonds is 6. The van der Waals surface area contributed by atoms with E-state index in [0.29, 0.717) is 17.7 Å². The van der Waals surface area contributed by atoms with E-state index in [1.54, 1.807) is 36.4 Å². The highest BCUT2D eigenvalue weighted by atomic mass is 32.2. The van der Waals surface area contributed by atoms with Gasteiger partial charge in [-0.05, 0) is 49.7 Å². The van der Waals surface area contributed by atoms with E-state index < -0.39 is 10.0 Å². The van der Waals surface area contributed by atoms with Crippen LogP contribution in [0.4, 0.5) is 5.69 Å².